The van der Waals surface area contributed by atoms with Gasteiger partial charge in [0.1, 0.15) is 5.75 Å². The number of nitriles is 1. The SMILES string of the molecule is COc1ccc(S(=O)(=O)Cc2ccc(C#N)cc2Cl)cc1. The van der Waals surface area contributed by atoms with Crippen molar-refractivity contribution in [2.75, 3.05) is 7.11 Å². The van der Waals surface area contributed by atoms with Crippen molar-refractivity contribution >= 4 is 21.4 Å². The second kappa shape index (κ2) is 6.17. The first-order valence-corrected chi connectivity index (χ1v) is 8.04. The summed E-state index contributed by atoms with van der Waals surface area (Å²) in [7, 11) is -1.99. The number of hydrogen-bond acceptors (Lipinski definition) is 4. The minimum absolute atomic E-state index is 0.198. The van der Waals surface area contributed by atoms with Gasteiger partial charge in [0, 0.05) is 5.02 Å². The molecule has 108 valence electrons. The Morgan fingerprint density at radius 1 is 1.19 bits per heavy atom. The standard InChI is InChI=1S/C15H12ClNO3S/c1-20-13-4-6-14(7-5-13)21(18,19)10-12-3-2-11(9-17)8-15(12)16/h2-8H,10H2,1H3. The van der Waals surface area contributed by atoms with Gasteiger partial charge in [-0.1, -0.05) is 17.7 Å². The normalized spacial score (nSPS) is 10.9. The number of sulfone groups is 1. The van der Waals surface area contributed by atoms with Gasteiger partial charge in [-0.2, -0.15) is 5.26 Å². The Balaban J connectivity index is 2.30. The van der Waals surface area contributed by atoms with Crippen molar-refractivity contribution in [2.24, 2.45) is 0 Å². The minimum Gasteiger partial charge on any atom is -0.497 e. The Kier molecular flexibility index (Phi) is 4.51. The first-order chi connectivity index (χ1) is 9.96. The van der Waals surface area contributed by atoms with Gasteiger partial charge in [0.05, 0.1) is 29.4 Å². The number of ether oxygens (including phenoxy) is 1. The lowest BCUT2D eigenvalue weighted by Gasteiger charge is -2.07. The molecule has 0 aliphatic rings. The molecule has 2 aromatic carbocycles. The number of rotatable bonds is 4. The zero-order valence-corrected chi connectivity index (χ0v) is 12.8. The molecule has 21 heavy (non-hydrogen) atoms. The van der Waals surface area contributed by atoms with E-state index in [4.69, 9.17) is 21.6 Å². The first kappa shape index (κ1) is 15.4. The zero-order valence-electron chi connectivity index (χ0n) is 11.2. The molecule has 0 aromatic heterocycles. The van der Waals surface area contributed by atoms with Crippen LogP contribution in [0.3, 0.4) is 0 Å². The largest absolute Gasteiger partial charge is 0.497 e. The molecule has 0 amide bonds. The molecule has 0 aliphatic heterocycles. The highest BCUT2D eigenvalue weighted by atomic mass is 35.5. The van der Waals surface area contributed by atoms with Crippen LogP contribution in [0.5, 0.6) is 5.75 Å². The molecular weight excluding hydrogens is 310 g/mol. The molecule has 0 saturated carbocycles. The van der Waals surface area contributed by atoms with Crippen LogP contribution in [0.2, 0.25) is 5.02 Å². The molecule has 0 saturated heterocycles. The maximum Gasteiger partial charge on any atom is 0.182 e. The summed E-state index contributed by atoms with van der Waals surface area (Å²) < 4.78 is 29.7. The van der Waals surface area contributed by atoms with Gasteiger partial charge in [0.15, 0.2) is 9.84 Å². The molecule has 4 nitrogen and oxygen atoms in total. The van der Waals surface area contributed by atoms with Crippen LogP contribution in [0.4, 0.5) is 0 Å². The fraction of sp³-hybridized carbons (Fsp3) is 0.133. The fourth-order valence-electron chi connectivity index (χ4n) is 1.81. The van der Waals surface area contributed by atoms with Gasteiger partial charge in [-0.15, -0.1) is 0 Å². The van der Waals surface area contributed by atoms with E-state index in [2.05, 4.69) is 0 Å². The third-order valence-corrected chi connectivity index (χ3v) is 4.98. The van der Waals surface area contributed by atoms with Crippen molar-refractivity contribution < 1.29 is 13.2 Å². The maximum atomic E-state index is 12.3. The highest BCUT2D eigenvalue weighted by Crippen LogP contribution is 2.24. The van der Waals surface area contributed by atoms with Crippen molar-refractivity contribution in [2.45, 2.75) is 10.6 Å². The van der Waals surface area contributed by atoms with E-state index in [9.17, 15) is 8.42 Å². The van der Waals surface area contributed by atoms with E-state index in [0.29, 0.717) is 16.9 Å². The van der Waals surface area contributed by atoms with E-state index in [1.807, 2.05) is 6.07 Å². The Morgan fingerprint density at radius 2 is 1.86 bits per heavy atom. The van der Waals surface area contributed by atoms with Crippen molar-refractivity contribution in [3.8, 4) is 11.8 Å². The van der Waals surface area contributed by atoms with Crippen molar-refractivity contribution in [3.63, 3.8) is 0 Å². The number of halogens is 1. The third-order valence-electron chi connectivity index (χ3n) is 2.95. The second-order valence-electron chi connectivity index (χ2n) is 4.35. The van der Waals surface area contributed by atoms with Crippen LogP contribution < -0.4 is 4.74 Å². The molecule has 0 N–H and O–H groups in total. The summed E-state index contributed by atoms with van der Waals surface area (Å²) in [6, 6.07) is 12.7. The van der Waals surface area contributed by atoms with Crippen molar-refractivity contribution in [3.05, 3.63) is 58.6 Å². The number of nitrogens with zero attached hydrogens (tertiary/aromatic N) is 1. The average Bonchev–Trinajstić information content (AvgIpc) is 2.49. The summed E-state index contributed by atoms with van der Waals surface area (Å²) >= 11 is 6.01. The van der Waals surface area contributed by atoms with Gasteiger partial charge in [-0.3, -0.25) is 0 Å². The summed E-state index contributed by atoms with van der Waals surface area (Å²) in [6.07, 6.45) is 0. The Hall–Kier alpha value is -2.03. The molecule has 0 aliphatic carbocycles. The number of benzene rings is 2. The van der Waals surface area contributed by atoms with Crippen LogP contribution in [0.1, 0.15) is 11.1 Å². The fourth-order valence-corrected chi connectivity index (χ4v) is 3.51. The quantitative estimate of drug-likeness (QED) is 0.867. The summed E-state index contributed by atoms with van der Waals surface area (Å²) in [4.78, 5) is 0.198. The minimum atomic E-state index is -3.50. The highest BCUT2D eigenvalue weighted by molar-refractivity contribution is 7.90. The molecule has 0 unspecified atom stereocenters. The monoisotopic (exact) mass is 321 g/mol. The molecule has 0 bridgehead atoms. The molecule has 6 heteroatoms. The molecule has 2 aromatic rings. The molecule has 0 atom stereocenters. The van der Waals surface area contributed by atoms with Crippen molar-refractivity contribution in [1.82, 2.24) is 0 Å². The molecular formula is C15H12ClNO3S. The lowest BCUT2D eigenvalue weighted by atomic mass is 10.2. The highest BCUT2D eigenvalue weighted by Gasteiger charge is 2.17. The average molecular weight is 322 g/mol. The Bertz CT molecular complexity index is 793. The van der Waals surface area contributed by atoms with Crippen LogP contribution >= 0.6 is 11.6 Å². The van der Waals surface area contributed by atoms with Crippen LogP contribution in [0.25, 0.3) is 0 Å². The Labute approximate surface area is 128 Å². The smallest absolute Gasteiger partial charge is 0.182 e. The van der Waals surface area contributed by atoms with E-state index in [1.165, 1.54) is 25.3 Å². The van der Waals surface area contributed by atoms with Crippen LogP contribution in [0.15, 0.2) is 47.4 Å². The molecule has 2 rings (SSSR count). The summed E-state index contributed by atoms with van der Waals surface area (Å²) in [5.74, 6) is 0.370. The van der Waals surface area contributed by atoms with Crippen LogP contribution in [0, 0.1) is 11.3 Å². The predicted octanol–water partition coefficient (Wildman–Crippen LogP) is 3.19. The number of hydrogen-bond donors (Lipinski definition) is 0. The van der Waals surface area contributed by atoms with E-state index in [-0.39, 0.29) is 15.7 Å². The number of methoxy groups -OCH3 is 1. The van der Waals surface area contributed by atoms with Crippen LogP contribution in [-0.2, 0) is 15.6 Å². The van der Waals surface area contributed by atoms with E-state index in [1.54, 1.807) is 24.3 Å². The maximum absolute atomic E-state index is 12.3. The topological polar surface area (TPSA) is 67.2 Å². The molecule has 0 fully saturated rings. The first-order valence-electron chi connectivity index (χ1n) is 6.01. The molecule has 0 heterocycles. The van der Waals surface area contributed by atoms with E-state index >= 15 is 0 Å². The van der Waals surface area contributed by atoms with Gasteiger partial charge in [-0.05, 0) is 42.0 Å². The zero-order chi connectivity index (χ0) is 15.5. The van der Waals surface area contributed by atoms with Gasteiger partial charge in [0.2, 0.25) is 0 Å². The van der Waals surface area contributed by atoms with Crippen LogP contribution in [-0.4, -0.2) is 15.5 Å². The molecule has 0 radical (unpaired) electrons. The summed E-state index contributed by atoms with van der Waals surface area (Å²) in [6.45, 7) is 0. The van der Waals surface area contributed by atoms with Gasteiger partial charge < -0.3 is 4.74 Å². The van der Waals surface area contributed by atoms with E-state index < -0.39 is 9.84 Å². The van der Waals surface area contributed by atoms with Gasteiger partial charge >= 0.3 is 0 Å². The lowest BCUT2D eigenvalue weighted by Crippen LogP contribution is -2.05. The third kappa shape index (κ3) is 3.54. The van der Waals surface area contributed by atoms with Gasteiger partial charge in [-0.25, -0.2) is 8.42 Å². The van der Waals surface area contributed by atoms with E-state index in [0.717, 1.165) is 0 Å². The lowest BCUT2D eigenvalue weighted by molar-refractivity contribution is 0.414. The Morgan fingerprint density at radius 3 is 2.38 bits per heavy atom. The summed E-state index contributed by atoms with van der Waals surface area (Å²) in [5, 5.41) is 9.04. The second-order valence-corrected chi connectivity index (χ2v) is 6.75. The summed E-state index contributed by atoms with van der Waals surface area (Å²) in [5.41, 5.74) is 0.858. The predicted molar refractivity (Wildman–Crippen MR) is 80.1 cm³/mol. The molecule has 0 spiro atoms. The van der Waals surface area contributed by atoms with Gasteiger partial charge in [0.25, 0.3) is 0 Å². The van der Waals surface area contributed by atoms with Crippen molar-refractivity contribution in [1.29, 1.82) is 5.26 Å².